The van der Waals surface area contributed by atoms with Gasteiger partial charge in [-0.15, -0.1) is 0 Å². The fourth-order valence-electron chi connectivity index (χ4n) is 4.04. The Balaban J connectivity index is 1.46. The van der Waals surface area contributed by atoms with Crippen LogP contribution in [0.25, 0.3) is 0 Å². The summed E-state index contributed by atoms with van der Waals surface area (Å²) in [6, 6.07) is 9.21. The quantitative estimate of drug-likeness (QED) is 0.675. The van der Waals surface area contributed by atoms with Crippen LogP contribution < -0.4 is 15.5 Å². The fourth-order valence-corrected chi connectivity index (χ4v) is 4.86. The van der Waals surface area contributed by atoms with Gasteiger partial charge in [0.15, 0.2) is 0 Å². The third-order valence-corrected chi connectivity index (χ3v) is 6.26. The Morgan fingerprint density at radius 1 is 1.03 bits per heavy atom. The summed E-state index contributed by atoms with van der Waals surface area (Å²) in [7, 11) is 0. The Hall–Kier alpha value is -2.48. The fraction of sp³-hybridized carbons (Fsp3) is 0.318. The number of rotatable bonds is 4. The Morgan fingerprint density at radius 2 is 1.78 bits per heavy atom. The lowest BCUT2D eigenvalue weighted by molar-refractivity contribution is -0.120. The molecule has 2 fully saturated rings. The molecule has 2 aliphatic rings. The predicted octanol–water partition coefficient (Wildman–Crippen LogP) is 3.83. The number of benzene rings is 2. The van der Waals surface area contributed by atoms with Crippen molar-refractivity contribution in [2.75, 3.05) is 36.4 Å². The average molecular weight is 496 g/mol. The Bertz CT molecular complexity index is 1060. The summed E-state index contributed by atoms with van der Waals surface area (Å²) >= 11 is 18.5. The van der Waals surface area contributed by atoms with E-state index in [1.54, 1.807) is 41.3 Å². The maximum atomic E-state index is 13.0. The number of carbonyl (C=O) groups is 3. The lowest BCUT2D eigenvalue weighted by Gasteiger charge is -2.29. The highest BCUT2D eigenvalue weighted by Crippen LogP contribution is 2.30. The molecule has 0 aromatic heterocycles. The van der Waals surface area contributed by atoms with Crippen LogP contribution in [0.15, 0.2) is 36.4 Å². The Morgan fingerprint density at radius 3 is 2.47 bits per heavy atom. The van der Waals surface area contributed by atoms with Crippen molar-refractivity contribution in [1.82, 2.24) is 10.2 Å². The molecule has 3 amide bonds. The van der Waals surface area contributed by atoms with E-state index in [-0.39, 0.29) is 24.3 Å². The van der Waals surface area contributed by atoms with E-state index in [1.165, 1.54) is 0 Å². The zero-order valence-electron chi connectivity index (χ0n) is 17.0. The van der Waals surface area contributed by atoms with Crippen molar-refractivity contribution < 1.29 is 14.4 Å². The SMILES string of the molecule is O=C1CN(c2ccc(NC(=O)C3CCCN3C(=O)c3cc(Cl)cc(Cl)c3)cc2Cl)CCN1. The minimum absolute atomic E-state index is 0.0586. The first-order valence-electron chi connectivity index (χ1n) is 10.2. The molecule has 10 heteroatoms. The molecule has 1 unspecified atom stereocenters. The van der Waals surface area contributed by atoms with Crippen molar-refractivity contribution in [3.05, 3.63) is 57.0 Å². The summed E-state index contributed by atoms with van der Waals surface area (Å²) in [5, 5.41) is 6.79. The molecule has 168 valence electrons. The van der Waals surface area contributed by atoms with Crippen molar-refractivity contribution in [3.8, 4) is 0 Å². The van der Waals surface area contributed by atoms with Crippen LogP contribution in [-0.2, 0) is 9.59 Å². The van der Waals surface area contributed by atoms with Crippen molar-refractivity contribution in [1.29, 1.82) is 0 Å². The molecule has 2 aliphatic heterocycles. The minimum atomic E-state index is -0.607. The van der Waals surface area contributed by atoms with Gasteiger partial charge in [-0.2, -0.15) is 0 Å². The molecule has 2 heterocycles. The molecule has 1 atom stereocenters. The highest BCUT2D eigenvalue weighted by Gasteiger charge is 2.35. The van der Waals surface area contributed by atoms with Gasteiger partial charge in [0.1, 0.15) is 6.04 Å². The first kappa shape index (κ1) is 22.7. The van der Waals surface area contributed by atoms with E-state index in [0.29, 0.717) is 52.4 Å². The van der Waals surface area contributed by atoms with Crippen molar-refractivity contribution in [2.24, 2.45) is 0 Å². The van der Waals surface area contributed by atoms with E-state index < -0.39 is 6.04 Å². The zero-order chi connectivity index (χ0) is 22.8. The predicted molar refractivity (Wildman–Crippen MR) is 126 cm³/mol. The number of hydrogen-bond donors (Lipinski definition) is 2. The molecule has 0 radical (unpaired) electrons. The van der Waals surface area contributed by atoms with Gasteiger partial charge in [-0.3, -0.25) is 14.4 Å². The second kappa shape index (κ2) is 9.57. The van der Waals surface area contributed by atoms with Gasteiger partial charge in [0.2, 0.25) is 11.8 Å². The second-order valence-electron chi connectivity index (χ2n) is 7.74. The lowest BCUT2D eigenvalue weighted by atomic mass is 10.1. The summed E-state index contributed by atoms with van der Waals surface area (Å²) in [5.74, 6) is -0.634. The van der Waals surface area contributed by atoms with E-state index in [2.05, 4.69) is 10.6 Å². The number of anilines is 2. The van der Waals surface area contributed by atoms with E-state index in [4.69, 9.17) is 34.8 Å². The maximum Gasteiger partial charge on any atom is 0.254 e. The average Bonchev–Trinajstić information content (AvgIpc) is 3.22. The van der Waals surface area contributed by atoms with Crippen molar-refractivity contribution >= 4 is 63.9 Å². The minimum Gasteiger partial charge on any atom is -0.359 e. The third kappa shape index (κ3) is 4.95. The normalized spacial score (nSPS) is 18.5. The summed E-state index contributed by atoms with van der Waals surface area (Å²) in [4.78, 5) is 41.0. The van der Waals surface area contributed by atoms with Crippen molar-refractivity contribution in [2.45, 2.75) is 18.9 Å². The molecule has 0 aliphatic carbocycles. The van der Waals surface area contributed by atoms with Crippen LogP contribution in [0.1, 0.15) is 23.2 Å². The molecule has 4 rings (SSSR count). The first-order chi connectivity index (χ1) is 15.3. The number of hydrogen-bond acceptors (Lipinski definition) is 4. The van der Waals surface area contributed by atoms with Gasteiger partial charge in [0.05, 0.1) is 17.3 Å². The molecular weight excluding hydrogens is 475 g/mol. The van der Waals surface area contributed by atoms with Gasteiger partial charge in [-0.05, 0) is 49.2 Å². The molecule has 2 saturated heterocycles. The molecule has 0 bridgehead atoms. The zero-order valence-corrected chi connectivity index (χ0v) is 19.3. The van der Waals surface area contributed by atoms with Gasteiger partial charge in [0.25, 0.3) is 5.91 Å². The van der Waals surface area contributed by atoms with Crippen LogP contribution in [0.5, 0.6) is 0 Å². The Labute approximate surface area is 200 Å². The van der Waals surface area contributed by atoms with E-state index in [0.717, 1.165) is 12.1 Å². The standard InChI is InChI=1S/C22H21Cl3N4O3/c23-14-8-13(9-15(24)10-14)22(32)29-6-1-2-19(29)21(31)27-16-3-4-18(17(25)11-16)28-7-5-26-20(30)12-28/h3-4,8-11,19H,1-2,5-7,12H2,(H,26,30)(H,27,31). The van der Waals surface area contributed by atoms with Gasteiger partial charge in [-0.1, -0.05) is 34.8 Å². The van der Waals surface area contributed by atoms with Gasteiger partial charge in [-0.25, -0.2) is 0 Å². The summed E-state index contributed by atoms with van der Waals surface area (Å²) in [6.07, 6.45) is 1.27. The van der Waals surface area contributed by atoms with Gasteiger partial charge in [0, 0.05) is 40.9 Å². The number of carbonyl (C=O) groups excluding carboxylic acids is 3. The number of halogens is 3. The van der Waals surface area contributed by atoms with E-state index in [1.807, 2.05) is 4.90 Å². The summed E-state index contributed by atoms with van der Waals surface area (Å²) in [5.41, 5.74) is 1.60. The molecule has 0 saturated carbocycles. The number of amides is 3. The van der Waals surface area contributed by atoms with Crippen LogP contribution in [0.3, 0.4) is 0 Å². The molecule has 2 aromatic carbocycles. The molecule has 7 nitrogen and oxygen atoms in total. The van der Waals surface area contributed by atoms with Crippen molar-refractivity contribution in [3.63, 3.8) is 0 Å². The monoisotopic (exact) mass is 494 g/mol. The summed E-state index contributed by atoms with van der Waals surface area (Å²) in [6.45, 7) is 1.91. The van der Waals surface area contributed by atoms with Crippen LogP contribution >= 0.6 is 34.8 Å². The molecule has 2 N–H and O–H groups in total. The van der Waals surface area contributed by atoms with Gasteiger partial charge < -0.3 is 20.4 Å². The van der Waals surface area contributed by atoms with Crippen LogP contribution in [0.4, 0.5) is 11.4 Å². The first-order valence-corrected chi connectivity index (χ1v) is 11.3. The smallest absolute Gasteiger partial charge is 0.254 e. The lowest BCUT2D eigenvalue weighted by Crippen LogP contribution is -2.47. The maximum absolute atomic E-state index is 13.0. The van der Waals surface area contributed by atoms with Crippen LogP contribution in [0, 0.1) is 0 Å². The second-order valence-corrected chi connectivity index (χ2v) is 9.02. The number of likely N-dealkylation sites (tertiary alicyclic amines) is 1. The summed E-state index contributed by atoms with van der Waals surface area (Å²) < 4.78 is 0. The van der Waals surface area contributed by atoms with E-state index >= 15 is 0 Å². The largest absolute Gasteiger partial charge is 0.359 e. The molecule has 2 aromatic rings. The number of nitrogens with one attached hydrogen (secondary N) is 2. The molecule has 0 spiro atoms. The van der Waals surface area contributed by atoms with Gasteiger partial charge >= 0.3 is 0 Å². The number of nitrogens with zero attached hydrogens (tertiary/aromatic N) is 2. The topological polar surface area (TPSA) is 81.8 Å². The third-order valence-electron chi connectivity index (χ3n) is 5.52. The van der Waals surface area contributed by atoms with Crippen LogP contribution in [0.2, 0.25) is 15.1 Å². The number of piperazine rings is 1. The van der Waals surface area contributed by atoms with E-state index in [9.17, 15) is 14.4 Å². The van der Waals surface area contributed by atoms with Crippen LogP contribution in [-0.4, -0.2) is 54.8 Å². The molecular formula is C22H21Cl3N4O3. The highest BCUT2D eigenvalue weighted by molar-refractivity contribution is 6.35. The molecule has 32 heavy (non-hydrogen) atoms. The Kier molecular flexibility index (Phi) is 6.79. The highest BCUT2D eigenvalue weighted by atomic mass is 35.5.